The smallest absolute Gasteiger partial charge is 0.335 e. The minimum Gasteiger partial charge on any atom is -0.547 e. The number of likely N-dealkylation sites (N-methyl/N-ethyl adjacent to an activating group) is 2. The number of quaternary nitrogens is 1. The molecule has 0 aromatic heterocycles. The number of aliphatic carboxylic acids is 2. The SMILES string of the molecule is CC[C@H]1C2C[C@H]3[C@@H]4N(C)c5ccccc5[C@]45C[C@@H]([C@@H]2[C@H]5O)[N@@+]3(CC(O)CN(CC)CC)[C@@H]1O.O.O=C([O-])[C@H](O)[C@@H](O)C(=O)O. The van der Waals surface area contributed by atoms with Crippen molar-refractivity contribution in [1.29, 1.82) is 0 Å². The van der Waals surface area contributed by atoms with Gasteiger partial charge in [-0.1, -0.05) is 39.0 Å². The monoisotopic (exact) mass is 623 g/mol. The van der Waals surface area contributed by atoms with Gasteiger partial charge in [0.1, 0.15) is 24.8 Å². The van der Waals surface area contributed by atoms with Crippen LogP contribution >= 0.6 is 0 Å². The summed E-state index contributed by atoms with van der Waals surface area (Å²) in [6.45, 7) is 9.58. The van der Waals surface area contributed by atoms with Gasteiger partial charge in [-0.25, -0.2) is 4.79 Å². The van der Waals surface area contributed by atoms with Crippen LogP contribution in [0.15, 0.2) is 24.3 Å². The summed E-state index contributed by atoms with van der Waals surface area (Å²) in [6, 6.07) is 9.31. The Bertz CT molecular complexity index is 1200. The summed E-state index contributed by atoms with van der Waals surface area (Å²) >= 11 is 0. The van der Waals surface area contributed by atoms with Gasteiger partial charge in [0, 0.05) is 44.0 Å². The zero-order valence-electron chi connectivity index (χ0n) is 25.9. The molecule has 248 valence electrons. The standard InChI is InChI=1S/C27H42N3O3.C4H6O6.H2O/c1-5-17-18-12-21-24-27(19-10-8-9-11-20(19)28(24)4)13-22(23(18)25(27)32)30(21,26(17)33)15-16(31)14-29(6-2)7-3;5-1(3(7)8)2(6)4(9)10;/h8-11,16-18,21-26,31-33H,5-7,12-15H2,1-4H3;1-2,5-6H,(H,7,8)(H,9,10);1H2/q+1;;/p-1/t16?,17-,18?,21-,22-,23+,24-,25+,26+,27+,30-;1-,2-;/m01./s1. The number of para-hydroxylation sites is 1. The number of carbonyl (C=O) groups excluding carboxylic acids is 1. The summed E-state index contributed by atoms with van der Waals surface area (Å²) < 4.78 is 0.601. The predicted octanol–water partition coefficient (Wildman–Crippen LogP) is -2.51. The van der Waals surface area contributed by atoms with Gasteiger partial charge in [0.2, 0.25) is 0 Å². The van der Waals surface area contributed by atoms with E-state index in [-0.39, 0.29) is 47.0 Å². The molecule has 5 bridgehead atoms. The first-order valence-electron chi connectivity index (χ1n) is 15.6. The van der Waals surface area contributed by atoms with Gasteiger partial charge < -0.3 is 55.8 Å². The largest absolute Gasteiger partial charge is 0.547 e. The van der Waals surface area contributed by atoms with E-state index in [1.54, 1.807) is 0 Å². The van der Waals surface area contributed by atoms with Gasteiger partial charge in [-0.2, -0.15) is 0 Å². The molecule has 1 spiro atoms. The number of benzene rings is 1. The van der Waals surface area contributed by atoms with Crippen LogP contribution < -0.4 is 10.0 Å². The zero-order chi connectivity index (χ0) is 31.6. The van der Waals surface area contributed by atoms with Crippen molar-refractivity contribution in [2.24, 2.45) is 17.8 Å². The Labute approximate surface area is 257 Å². The maximum absolute atomic E-state index is 12.1. The van der Waals surface area contributed by atoms with Gasteiger partial charge in [-0.05, 0) is 37.1 Å². The number of anilines is 1. The maximum Gasteiger partial charge on any atom is 0.335 e. The first kappa shape index (κ1) is 34.5. The molecular weight excluding hydrogens is 574 g/mol. The maximum atomic E-state index is 12.1. The van der Waals surface area contributed by atoms with Gasteiger partial charge in [-0.15, -0.1) is 0 Å². The molecule has 5 heterocycles. The number of nitrogens with zero attached hydrogens (tertiary/aromatic N) is 3. The topological polar surface area (TPSA) is 217 Å². The molecule has 5 fully saturated rings. The van der Waals surface area contributed by atoms with Gasteiger partial charge in [0.05, 0.1) is 29.6 Å². The molecule has 13 atom stereocenters. The van der Waals surface area contributed by atoms with Crippen LogP contribution in [-0.4, -0.2) is 139 Å². The van der Waals surface area contributed by atoms with Crippen LogP contribution in [0.3, 0.4) is 0 Å². The first-order valence-corrected chi connectivity index (χ1v) is 15.6. The third kappa shape index (κ3) is 4.66. The molecule has 1 aromatic rings. The van der Waals surface area contributed by atoms with Gasteiger partial charge in [-0.3, -0.25) is 4.48 Å². The van der Waals surface area contributed by atoms with E-state index >= 15 is 0 Å². The van der Waals surface area contributed by atoms with Crippen molar-refractivity contribution >= 4 is 17.6 Å². The van der Waals surface area contributed by atoms with E-state index in [0.717, 1.165) is 32.4 Å². The van der Waals surface area contributed by atoms with E-state index in [1.807, 2.05) is 0 Å². The summed E-state index contributed by atoms with van der Waals surface area (Å²) in [5.74, 6) is -3.04. The lowest BCUT2D eigenvalue weighted by Gasteiger charge is -2.68. The van der Waals surface area contributed by atoms with Crippen molar-refractivity contribution in [1.82, 2.24) is 4.90 Å². The van der Waals surface area contributed by atoms with Crippen LogP contribution in [0.4, 0.5) is 5.69 Å². The molecule has 6 aliphatic rings. The number of aliphatic hydroxyl groups excluding tert-OH is 5. The van der Waals surface area contributed by atoms with Crippen LogP contribution in [0, 0.1) is 17.8 Å². The molecule has 1 saturated carbocycles. The van der Waals surface area contributed by atoms with Crippen LogP contribution in [0.5, 0.6) is 0 Å². The molecule has 4 saturated heterocycles. The summed E-state index contributed by atoms with van der Waals surface area (Å²) in [5, 5.41) is 69.6. The number of fused-ring (bicyclic) bond motifs is 2. The summed E-state index contributed by atoms with van der Waals surface area (Å²) in [6.07, 6.45) is -3.11. The lowest BCUT2D eigenvalue weighted by Crippen LogP contribution is -2.84. The van der Waals surface area contributed by atoms with Gasteiger partial charge in [0.25, 0.3) is 0 Å². The first-order chi connectivity index (χ1) is 20.3. The van der Waals surface area contributed by atoms with E-state index in [4.69, 9.17) is 15.3 Å². The second-order valence-corrected chi connectivity index (χ2v) is 13.2. The fraction of sp³-hybridized carbons (Fsp3) is 0.742. The Balaban J connectivity index is 0.000000350. The Kier molecular flexibility index (Phi) is 9.76. The molecule has 5 aliphatic heterocycles. The number of piperidine rings is 4. The van der Waals surface area contributed by atoms with Crippen molar-refractivity contribution in [2.75, 3.05) is 38.1 Å². The molecule has 44 heavy (non-hydrogen) atoms. The third-order valence-corrected chi connectivity index (χ3v) is 11.8. The highest BCUT2D eigenvalue weighted by atomic mass is 16.4. The quantitative estimate of drug-likeness (QED) is 0.150. The molecule has 7 rings (SSSR count). The minimum atomic E-state index is -2.38. The molecule has 0 radical (unpaired) electrons. The van der Waals surface area contributed by atoms with E-state index < -0.39 is 36.5 Å². The highest BCUT2D eigenvalue weighted by Crippen LogP contribution is 2.71. The van der Waals surface area contributed by atoms with Crippen LogP contribution in [-0.2, 0) is 15.0 Å². The zero-order valence-corrected chi connectivity index (χ0v) is 25.9. The third-order valence-electron chi connectivity index (χ3n) is 11.8. The van der Waals surface area contributed by atoms with E-state index in [9.17, 15) is 30.0 Å². The van der Waals surface area contributed by atoms with Gasteiger partial charge >= 0.3 is 5.97 Å². The number of hydrogen-bond acceptors (Lipinski definition) is 10. The Morgan fingerprint density at radius 1 is 1.09 bits per heavy atom. The van der Waals surface area contributed by atoms with E-state index in [2.05, 4.69) is 61.9 Å². The number of hydrogen-bond donors (Lipinski definition) is 6. The lowest BCUT2D eigenvalue weighted by molar-refractivity contribution is -1.04. The van der Waals surface area contributed by atoms with Crippen LogP contribution in [0.25, 0.3) is 0 Å². The highest BCUT2D eigenvalue weighted by molar-refractivity contribution is 5.82. The van der Waals surface area contributed by atoms with Crippen molar-refractivity contribution in [2.45, 2.75) is 94.2 Å². The van der Waals surface area contributed by atoms with Crippen molar-refractivity contribution < 1.29 is 55.3 Å². The minimum absolute atomic E-state index is 0. The number of carboxylic acids is 2. The molecule has 1 aliphatic carbocycles. The number of carboxylic acid groups (broad SMARTS) is 2. The number of aliphatic hydroxyl groups is 5. The molecular formula is C31H49N3O10. The normalized spacial score (nSPS) is 39.1. The molecule has 1 aromatic carbocycles. The van der Waals surface area contributed by atoms with Crippen LogP contribution in [0.1, 0.15) is 45.6 Å². The predicted molar refractivity (Wildman–Crippen MR) is 157 cm³/mol. The summed E-state index contributed by atoms with van der Waals surface area (Å²) in [4.78, 5) is 24.1. The number of rotatable bonds is 10. The molecule has 13 nitrogen and oxygen atoms in total. The Morgan fingerprint density at radius 3 is 2.27 bits per heavy atom. The van der Waals surface area contributed by atoms with E-state index in [0.29, 0.717) is 23.5 Å². The van der Waals surface area contributed by atoms with Crippen molar-refractivity contribution in [3.05, 3.63) is 29.8 Å². The second kappa shape index (κ2) is 12.4. The molecule has 0 amide bonds. The number of carbonyl (C=O) groups is 2. The molecule has 2 unspecified atom stereocenters. The van der Waals surface area contributed by atoms with Crippen molar-refractivity contribution in [3.8, 4) is 0 Å². The van der Waals surface area contributed by atoms with Gasteiger partial charge in [0.15, 0.2) is 12.3 Å². The average molecular weight is 624 g/mol. The summed E-state index contributed by atoms with van der Waals surface area (Å²) in [7, 11) is 2.19. The average Bonchev–Trinajstić information content (AvgIpc) is 3.37. The second-order valence-electron chi connectivity index (χ2n) is 13.2. The lowest BCUT2D eigenvalue weighted by atomic mass is 9.60. The Morgan fingerprint density at radius 2 is 1.73 bits per heavy atom. The summed E-state index contributed by atoms with van der Waals surface area (Å²) in [5.41, 5.74) is 2.32. The fourth-order valence-corrected chi connectivity index (χ4v) is 10.2. The van der Waals surface area contributed by atoms with E-state index in [1.165, 1.54) is 11.3 Å². The Hall–Kier alpha value is -2.36. The fourth-order valence-electron chi connectivity index (χ4n) is 10.2. The highest BCUT2D eigenvalue weighted by Gasteiger charge is 2.83. The molecule has 13 heteroatoms. The molecule has 8 N–H and O–H groups in total. The van der Waals surface area contributed by atoms with Crippen LogP contribution in [0.2, 0.25) is 0 Å². The van der Waals surface area contributed by atoms with Crippen molar-refractivity contribution in [3.63, 3.8) is 0 Å².